The highest BCUT2D eigenvalue weighted by molar-refractivity contribution is 6.02. The summed E-state index contributed by atoms with van der Waals surface area (Å²) in [4.78, 5) is 31.9. The van der Waals surface area contributed by atoms with Crippen molar-refractivity contribution in [3.05, 3.63) is 53.3 Å². The average Bonchev–Trinajstić information content (AvgIpc) is 3.17. The first-order valence-electron chi connectivity index (χ1n) is 11.9. The molecule has 33 heavy (non-hydrogen) atoms. The number of aryl methyl sites for hydroxylation is 1. The Kier molecular flexibility index (Phi) is 5.74. The van der Waals surface area contributed by atoms with Gasteiger partial charge in [0.1, 0.15) is 0 Å². The molecular formula is C25H33N5O3. The molecule has 0 saturated carbocycles. The summed E-state index contributed by atoms with van der Waals surface area (Å²) in [6, 6.07) is 9.75. The number of fused-ring (bicyclic) bond motifs is 1. The molecule has 1 aromatic carbocycles. The molecule has 1 N–H and O–H groups in total. The summed E-state index contributed by atoms with van der Waals surface area (Å²) in [7, 11) is 1.93. The molecule has 2 aromatic rings. The number of likely N-dealkylation sites (tertiary alicyclic amines) is 1. The van der Waals surface area contributed by atoms with Gasteiger partial charge in [0.25, 0.3) is 5.91 Å². The molecule has 176 valence electrons. The summed E-state index contributed by atoms with van der Waals surface area (Å²) >= 11 is 0. The summed E-state index contributed by atoms with van der Waals surface area (Å²) < 4.78 is 7.11. The molecule has 1 spiro atoms. The first kappa shape index (κ1) is 22.1. The van der Waals surface area contributed by atoms with Crippen molar-refractivity contribution in [2.75, 3.05) is 26.3 Å². The standard InChI is InChI=1S/C25H33N5O3/c1-17(2)30-24(32)21-7-5-4-6-20(21)22(23(31)26-19-15-33-16-19)25(30)9-12-29(13-10-25)14-18-8-11-28(3)27-18/h4-8,11,17,19,22H,9-10,12-16H2,1-3H3,(H,26,31). The zero-order chi connectivity index (χ0) is 23.2. The molecule has 0 radical (unpaired) electrons. The number of ether oxygens (including phenoxy) is 1. The Balaban J connectivity index is 1.49. The lowest BCUT2D eigenvalue weighted by Crippen LogP contribution is -2.67. The largest absolute Gasteiger partial charge is 0.377 e. The van der Waals surface area contributed by atoms with Crippen molar-refractivity contribution in [1.82, 2.24) is 24.9 Å². The van der Waals surface area contributed by atoms with E-state index in [1.54, 1.807) is 0 Å². The lowest BCUT2D eigenvalue weighted by Gasteiger charge is -2.56. The number of rotatable bonds is 5. The van der Waals surface area contributed by atoms with E-state index in [1.807, 2.05) is 53.2 Å². The number of benzene rings is 1. The quantitative estimate of drug-likeness (QED) is 0.751. The summed E-state index contributed by atoms with van der Waals surface area (Å²) in [5, 5.41) is 7.72. The number of carbonyl (C=O) groups excluding carboxylic acids is 2. The molecule has 2 saturated heterocycles. The average molecular weight is 452 g/mol. The van der Waals surface area contributed by atoms with Crippen molar-refractivity contribution >= 4 is 11.8 Å². The van der Waals surface area contributed by atoms with Crippen LogP contribution >= 0.6 is 0 Å². The van der Waals surface area contributed by atoms with Gasteiger partial charge in [0.2, 0.25) is 5.91 Å². The second-order valence-electron chi connectivity index (χ2n) is 9.89. The zero-order valence-corrected chi connectivity index (χ0v) is 19.7. The smallest absolute Gasteiger partial charge is 0.254 e. The molecule has 3 aliphatic rings. The van der Waals surface area contributed by atoms with E-state index >= 15 is 0 Å². The number of piperidine rings is 1. The number of carbonyl (C=O) groups is 2. The van der Waals surface area contributed by atoms with E-state index < -0.39 is 11.5 Å². The second-order valence-corrected chi connectivity index (χ2v) is 9.89. The Morgan fingerprint density at radius 2 is 1.94 bits per heavy atom. The van der Waals surface area contributed by atoms with Crippen molar-refractivity contribution in [2.45, 2.75) is 56.8 Å². The summed E-state index contributed by atoms with van der Waals surface area (Å²) in [5.41, 5.74) is 2.00. The maximum atomic E-state index is 13.8. The Morgan fingerprint density at radius 3 is 2.55 bits per heavy atom. The molecule has 0 aliphatic carbocycles. The van der Waals surface area contributed by atoms with Crippen molar-refractivity contribution in [2.24, 2.45) is 7.05 Å². The van der Waals surface area contributed by atoms with Gasteiger partial charge < -0.3 is 15.0 Å². The summed E-state index contributed by atoms with van der Waals surface area (Å²) in [6.45, 7) is 7.62. The number of hydrogen-bond donors (Lipinski definition) is 1. The van der Waals surface area contributed by atoms with Gasteiger partial charge in [-0.1, -0.05) is 18.2 Å². The normalized spacial score (nSPS) is 23.0. The van der Waals surface area contributed by atoms with Crippen LogP contribution in [0.2, 0.25) is 0 Å². The Hall–Kier alpha value is -2.71. The van der Waals surface area contributed by atoms with Crippen molar-refractivity contribution in [1.29, 1.82) is 0 Å². The maximum Gasteiger partial charge on any atom is 0.254 e. The molecule has 8 heteroatoms. The fourth-order valence-corrected chi connectivity index (χ4v) is 5.85. The molecule has 4 heterocycles. The lowest BCUT2D eigenvalue weighted by atomic mass is 9.66. The monoisotopic (exact) mass is 451 g/mol. The highest BCUT2D eigenvalue weighted by Gasteiger charge is 2.56. The third-order valence-electron chi connectivity index (χ3n) is 7.38. The number of nitrogens with zero attached hydrogens (tertiary/aromatic N) is 4. The SMILES string of the molecule is CC(C)N1C(=O)c2ccccc2C(C(=O)NC2COC2)C12CCN(Cc1ccn(C)n1)CC2. The summed E-state index contributed by atoms with van der Waals surface area (Å²) in [5.74, 6) is -0.353. The van der Waals surface area contributed by atoms with Crippen LogP contribution in [0.15, 0.2) is 36.5 Å². The summed E-state index contributed by atoms with van der Waals surface area (Å²) in [6.07, 6.45) is 3.46. The highest BCUT2D eigenvalue weighted by Crippen LogP contribution is 2.48. The van der Waals surface area contributed by atoms with Crippen LogP contribution in [0, 0.1) is 0 Å². The van der Waals surface area contributed by atoms with Crippen molar-refractivity contribution < 1.29 is 14.3 Å². The molecule has 3 aliphatic heterocycles. The van der Waals surface area contributed by atoms with E-state index in [9.17, 15) is 9.59 Å². The number of aromatic nitrogens is 2. The molecule has 1 atom stereocenters. The molecule has 1 aromatic heterocycles. The van der Waals surface area contributed by atoms with Gasteiger partial charge in [-0.3, -0.25) is 19.2 Å². The topological polar surface area (TPSA) is 79.7 Å². The molecular weight excluding hydrogens is 418 g/mol. The third-order valence-corrected chi connectivity index (χ3v) is 7.38. The van der Waals surface area contributed by atoms with Gasteiger partial charge in [0.05, 0.1) is 36.4 Å². The molecule has 1 unspecified atom stereocenters. The molecule has 5 rings (SSSR count). The lowest BCUT2D eigenvalue weighted by molar-refractivity contribution is -0.132. The van der Waals surface area contributed by atoms with Gasteiger partial charge in [-0.05, 0) is 44.4 Å². The third kappa shape index (κ3) is 3.85. The maximum absolute atomic E-state index is 13.8. The minimum atomic E-state index is -0.547. The molecule has 2 amide bonds. The minimum Gasteiger partial charge on any atom is -0.377 e. The van der Waals surface area contributed by atoms with E-state index in [0.29, 0.717) is 18.8 Å². The minimum absolute atomic E-state index is 0.00414. The van der Waals surface area contributed by atoms with E-state index in [1.165, 1.54) is 0 Å². The van der Waals surface area contributed by atoms with Crippen LogP contribution in [0.25, 0.3) is 0 Å². The Morgan fingerprint density at radius 1 is 1.21 bits per heavy atom. The van der Waals surface area contributed by atoms with Gasteiger partial charge in [0, 0.05) is 44.5 Å². The molecule has 2 fully saturated rings. The number of hydrogen-bond acceptors (Lipinski definition) is 5. The van der Waals surface area contributed by atoms with Crippen LogP contribution in [-0.2, 0) is 23.1 Å². The predicted octanol–water partition coefficient (Wildman–Crippen LogP) is 1.92. The van der Waals surface area contributed by atoms with E-state index in [4.69, 9.17) is 4.74 Å². The van der Waals surface area contributed by atoms with Gasteiger partial charge in [-0.15, -0.1) is 0 Å². The molecule has 8 nitrogen and oxygen atoms in total. The Bertz CT molecular complexity index is 1040. The zero-order valence-electron chi connectivity index (χ0n) is 19.7. The van der Waals surface area contributed by atoms with Gasteiger partial charge in [0.15, 0.2) is 0 Å². The number of nitrogens with one attached hydrogen (secondary N) is 1. The van der Waals surface area contributed by atoms with Gasteiger partial charge in [-0.25, -0.2) is 0 Å². The van der Waals surface area contributed by atoms with Gasteiger partial charge in [-0.2, -0.15) is 5.10 Å². The predicted molar refractivity (Wildman–Crippen MR) is 124 cm³/mol. The van der Waals surface area contributed by atoms with Crippen LogP contribution < -0.4 is 5.32 Å². The van der Waals surface area contributed by atoms with Crippen LogP contribution in [0.5, 0.6) is 0 Å². The Labute approximate surface area is 194 Å². The van der Waals surface area contributed by atoms with Crippen LogP contribution in [0.1, 0.15) is 54.2 Å². The highest BCUT2D eigenvalue weighted by atomic mass is 16.5. The van der Waals surface area contributed by atoms with Crippen LogP contribution in [-0.4, -0.2) is 75.3 Å². The van der Waals surface area contributed by atoms with Crippen molar-refractivity contribution in [3.8, 4) is 0 Å². The van der Waals surface area contributed by atoms with E-state index in [-0.39, 0.29) is 23.9 Å². The second kappa shape index (κ2) is 8.57. The van der Waals surface area contributed by atoms with Gasteiger partial charge >= 0.3 is 0 Å². The number of amides is 2. The first-order chi connectivity index (χ1) is 15.9. The fourth-order valence-electron chi connectivity index (χ4n) is 5.85. The van der Waals surface area contributed by atoms with Crippen molar-refractivity contribution in [3.63, 3.8) is 0 Å². The fraction of sp³-hybridized carbons (Fsp3) is 0.560. The van der Waals surface area contributed by atoms with E-state index in [0.717, 1.165) is 43.7 Å². The van der Waals surface area contributed by atoms with E-state index in [2.05, 4.69) is 29.2 Å². The molecule has 0 bridgehead atoms. The van der Waals surface area contributed by atoms with Crippen LogP contribution in [0.4, 0.5) is 0 Å². The first-order valence-corrected chi connectivity index (χ1v) is 11.9. The van der Waals surface area contributed by atoms with Crippen LogP contribution in [0.3, 0.4) is 0 Å².